The smallest absolute Gasteiger partial charge is 0.418 e. The summed E-state index contributed by atoms with van der Waals surface area (Å²) < 4.78 is 41.0. The van der Waals surface area contributed by atoms with Crippen LogP contribution in [0.4, 0.5) is 23.0 Å². The van der Waals surface area contributed by atoms with Gasteiger partial charge >= 0.3 is 12.9 Å². The summed E-state index contributed by atoms with van der Waals surface area (Å²) in [4.78, 5) is 3.12. The van der Waals surface area contributed by atoms with Gasteiger partial charge in [0.2, 0.25) is 5.39 Å². The van der Waals surface area contributed by atoms with Crippen molar-refractivity contribution in [3.05, 3.63) is 35.4 Å². The molecule has 0 fully saturated rings. The normalized spacial score (nSPS) is 10.6. The first kappa shape index (κ1) is 13.0. The van der Waals surface area contributed by atoms with Crippen LogP contribution >= 0.6 is 0 Å². The highest BCUT2D eigenvalue weighted by Gasteiger charge is 2.20. The lowest BCUT2D eigenvalue weighted by Gasteiger charge is -1.94. The van der Waals surface area contributed by atoms with Gasteiger partial charge in [-0.25, -0.2) is 0 Å². The molecule has 0 saturated carbocycles. The molecule has 0 atom stereocenters. The molecule has 2 aromatic rings. The van der Waals surface area contributed by atoms with Gasteiger partial charge in [-0.3, -0.25) is 0 Å². The van der Waals surface area contributed by atoms with E-state index in [2.05, 4.69) is 4.98 Å². The molecule has 1 aromatic heterocycles. The summed E-state index contributed by atoms with van der Waals surface area (Å²) in [5, 5.41) is 9.61. The van der Waals surface area contributed by atoms with Crippen LogP contribution in [-0.2, 0) is 7.05 Å². The second kappa shape index (κ2) is 4.87. The van der Waals surface area contributed by atoms with Crippen LogP contribution in [0.3, 0.4) is 0 Å². The first-order chi connectivity index (χ1) is 7.81. The fourth-order valence-electron chi connectivity index (χ4n) is 1.33. The van der Waals surface area contributed by atoms with Crippen molar-refractivity contribution in [2.75, 3.05) is 0 Å². The molecule has 0 spiro atoms. The van der Waals surface area contributed by atoms with Gasteiger partial charge < -0.3 is 21.8 Å². The fourth-order valence-corrected chi connectivity index (χ4v) is 1.33. The number of aromatic nitrogens is 1. The lowest BCUT2D eigenvalue weighted by molar-refractivity contribution is 0.368. The SMILES string of the molecule is Cn1ccc2cc([N+]#N)ccc21.F[B-](F)(F)F. The van der Waals surface area contributed by atoms with E-state index in [0.717, 1.165) is 10.9 Å². The van der Waals surface area contributed by atoms with E-state index in [9.17, 15) is 17.3 Å². The standard InChI is InChI=1S/C9H8N3.BF4/c1-12-5-4-7-6-8(11-10)2-3-9(7)12;2-1(3,4)5/h2-6H,1H3;/q+1;-1. The predicted molar refractivity (Wildman–Crippen MR) is 57.8 cm³/mol. The van der Waals surface area contributed by atoms with Gasteiger partial charge in [0.1, 0.15) is 0 Å². The molecule has 0 N–H and O–H groups in total. The van der Waals surface area contributed by atoms with Crippen LogP contribution in [0.5, 0.6) is 0 Å². The molecule has 0 saturated heterocycles. The van der Waals surface area contributed by atoms with Gasteiger partial charge in [-0.2, -0.15) is 0 Å². The summed E-state index contributed by atoms with van der Waals surface area (Å²) in [7, 11) is -4.02. The lowest BCUT2D eigenvalue weighted by atomic mass is 10.2. The lowest BCUT2D eigenvalue weighted by Crippen LogP contribution is -2.02. The Bertz CT molecular complexity index is 549. The third-order valence-corrected chi connectivity index (χ3v) is 1.98. The van der Waals surface area contributed by atoms with Crippen LogP contribution in [0.25, 0.3) is 15.9 Å². The summed E-state index contributed by atoms with van der Waals surface area (Å²) in [6, 6.07) is 7.55. The van der Waals surface area contributed by atoms with Crippen molar-refractivity contribution in [2.45, 2.75) is 0 Å². The molecule has 0 radical (unpaired) electrons. The van der Waals surface area contributed by atoms with Crippen molar-refractivity contribution in [1.29, 1.82) is 5.39 Å². The molecule has 8 heteroatoms. The molecule has 1 aromatic carbocycles. The molecule has 0 unspecified atom stereocenters. The Balaban J connectivity index is 0.000000249. The van der Waals surface area contributed by atoms with Gasteiger partial charge in [-0.05, 0) is 12.1 Å². The first-order valence-electron chi connectivity index (χ1n) is 4.59. The van der Waals surface area contributed by atoms with Gasteiger partial charge in [0.05, 0.1) is 0 Å². The Hall–Kier alpha value is -2.04. The zero-order chi connectivity index (χ0) is 13.1. The van der Waals surface area contributed by atoms with E-state index in [4.69, 9.17) is 5.39 Å². The van der Waals surface area contributed by atoms with Crippen LogP contribution < -0.4 is 0 Å². The number of aryl methyl sites for hydroxylation is 1. The topological polar surface area (TPSA) is 33.1 Å². The second-order valence-electron chi connectivity index (χ2n) is 3.26. The van der Waals surface area contributed by atoms with Crippen LogP contribution in [0.15, 0.2) is 30.5 Å². The van der Waals surface area contributed by atoms with Gasteiger partial charge in [0, 0.05) is 36.3 Å². The van der Waals surface area contributed by atoms with E-state index in [1.165, 1.54) is 0 Å². The van der Waals surface area contributed by atoms with E-state index in [0.29, 0.717) is 5.69 Å². The van der Waals surface area contributed by atoms with E-state index < -0.39 is 7.25 Å². The molecule has 0 aliphatic carbocycles. The van der Waals surface area contributed by atoms with Gasteiger partial charge in [-0.15, -0.1) is 0 Å². The maximum atomic E-state index is 9.75. The molecule has 0 aliphatic rings. The largest absolute Gasteiger partial charge is 0.673 e. The van der Waals surface area contributed by atoms with Crippen molar-refractivity contribution in [3.63, 3.8) is 0 Å². The number of rotatable bonds is 0. The molecule has 0 aliphatic heterocycles. The maximum Gasteiger partial charge on any atom is 0.673 e. The van der Waals surface area contributed by atoms with Gasteiger partial charge in [0.15, 0.2) is 4.98 Å². The Morgan fingerprint density at radius 3 is 2.29 bits per heavy atom. The third kappa shape index (κ3) is 4.14. The van der Waals surface area contributed by atoms with Crippen LogP contribution in [0.2, 0.25) is 0 Å². The summed E-state index contributed by atoms with van der Waals surface area (Å²) >= 11 is 0. The summed E-state index contributed by atoms with van der Waals surface area (Å²) in [5.74, 6) is 0. The molecule has 0 bridgehead atoms. The van der Waals surface area contributed by atoms with Crippen molar-refractivity contribution < 1.29 is 17.3 Å². The molecular formula is C9H8BF4N3. The fraction of sp³-hybridized carbons (Fsp3) is 0.111. The zero-order valence-electron chi connectivity index (χ0n) is 8.82. The van der Waals surface area contributed by atoms with Crippen molar-refractivity contribution in [2.24, 2.45) is 7.05 Å². The van der Waals surface area contributed by atoms with E-state index in [1.54, 1.807) is 6.07 Å². The van der Waals surface area contributed by atoms with Crippen LogP contribution in [0.1, 0.15) is 0 Å². The Kier molecular flexibility index (Phi) is 3.73. The molecule has 3 nitrogen and oxygen atoms in total. The summed E-state index contributed by atoms with van der Waals surface area (Å²) in [6.07, 6.45) is 1.98. The highest BCUT2D eigenvalue weighted by molar-refractivity contribution is 6.50. The molecule has 17 heavy (non-hydrogen) atoms. The minimum absolute atomic E-state index is 0.591. The molecule has 90 valence electrons. The second-order valence-corrected chi connectivity index (χ2v) is 3.26. The molecular weight excluding hydrogens is 237 g/mol. The summed E-state index contributed by atoms with van der Waals surface area (Å²) in [6.45, 7) is 0. The van der Waals surface area contributed by atoms with Crippen molar-refractivity contribution in [1.82, 2.24) is 4.57 Å². The number of halogens is 4. The van der Waals surface area contributed by atoms with Crippen molar-refractivity contribution >= 4 is 23.8 Å². The number of benzene rings is 1. The third-order valence-electron chi connectivity index (χ3n) is 1.98. The van der Waals surface area contributed by atoms with E-state index in [-0.39, 0.29) is 0 Å². The average molecular weight is 245 g/mol. The quantitative estimate of drug-likeness (QED) is 0.392. The Labute approximate surface area is 94.4 Å². The predicted octanol–water partition coefficient (Wildman–Crippen LogP) is 3.96. The number of hydrogen-bond donors (Lipinski definition) is 0. The average Bonchev–Trinajstić information content (AvgIpc) is 2.57. The highest BCUT2D eigenvalue weighted by Crippen LogP contribution is 2.21. The molecule has 0 amide bonds. The number of fused-ring (bicyclic) bond motifs is 1. The number of hydrogen-bond acceptors (Lipinski definition) is 1. The molecule has 2 rings (SSSR count). The van der Waals surface area contributed by atoms with Gasteiger partial charge in [-0.1, -0.05) is 0 Å². The van der Waals surface area contributed by atoms with E-state index >= 15 is 0 Å². The molecule has 1 heterocycles. The minimum atomic E-state index is -6.00. The van der Waals surface area contributed by atoms with E-state index in [1.807, 2.05) is 36.0 Å². The van der Waals surface area contributed by atoms with Gasteiger partial charge in [0.25, 0.3) is 0 Å². The minimum Gasteiger partial charge on any atom is -0.418 e. The monoisotopic (exact) mass is 245 g/mol. The van der Waals surface area contributed by atoms with Crippen molar-refractivity contribution in [3.8, 4) is 0 Å². The number of nitrogens with zero attached hydrogens (tertiary/aromatic N) is 3. The van der Waals surface area contributed by atoms with Crippen LogP contribution in [-0.4, -0.2) is 11.8 Å². The first-order valence-corrected chi connectivity index (χ1v) is 4.59. The maximum absolute atomic E-state index is 9.75. The zero-order valence-corrected chi connectivity index (χ0v) is 8.82. The number of diazo groups is 1. The highest BCUT2D eigenvalue weighted by atomic mass is 19.5. The Morgan fingerprint density at radius 2 is 1.76 bits per heavy atom. The summed E-state index contributed by atoms with van der Waals surface area (Å²) in [5.41, 5.74) is 1.73. The van der Waals surface area contributed by atoms with Crippen LogP contribution in [0, 0.1) is 5.39 Å². The Morgan fingerprint density at radius 1 is 1.18 bits per heavy atom.